The third kappa shape index (κ3) is 5.85. The molecule has 29 heavy (non-hydrogen) atoms. The fourth-order valence-corrected chi connectivity index (χ4v) is 5.68. The number of rotatable bonds is 1. The number of fused-ring (bicyclic) bond motifs is 1. The average molecular weight is 462 g/mol. The summed E-state index contributed by atoms with van der Waals surface area (Å²) < 4.78 is 100. The number of hydrogen-bond donors (Lipinski definition) is 0. The van der Waals surface area contributed by atoms with Crippen LogP contribution >= 0.6 is 10.5 Å². The van der Waals surface area contributed by atoms with Gasteiger partial charge in [0.2, 0.25) is 0 Å². The van der Waals surface area contributed by atoms with Gasteiger partial charge in [0.25, 0.3) is 0 Å². The number of hydrogen-bond acceptors (Lipinski definition) is 3. The fraction of sp³-hybridized carbons (Fsp3) is 0.556. The molecule has 1 aromatic carbocycles. The number of halogens is 6. The van der Waals surface area contributed by atoms with Gasteiger partial charge < -0.3 is 4.55 Å². The fourth-order valence-electron chi connectivity index (χ4n) is 3.45. The summed E-state index contributed by atoms with van der Waals surface area (Å²) in [5.74, 6) is 0.115. The lowest BCUT2D eigenvalue weighted by Gasteiger charge is -2.10. The number of thiophene rings is 1. The molecule has 164 valence electrons. The van der Waals surface area contributed by atoms with Crippen LogP contribution in [0.5, 0.6) is 0 Å². The molecule has 1 saturated carbocycles. The van der Waals surface area contributed by atoms with Crippen molar-refractivity contribution in [2.45, 2.75) is 62.4 Å². The Morgan fingerprint density at radius 2 is 1.52 bits per heavy atom. The lowest BCUT2D eigenvalue weighted by Crippen LogP contribution is -2.21. The van der Waals surface area contributed by atoms with E-state index in [-0.39, 0.29) is 5.92 Å². The number of aryl methyl sites for hydroxylation is 1. The maximum atomic E-state index is 13.6. The van der Waals surface area contributed by atoms with Crippen LogP contribution in [0.4, 0.5) is 26.3 Å². The van der Waals surface area contributed by atoms with Crippen molar-refractivity contribution in [3.05, 3.63) is 34.7 Å². The van der Waals surface area contributed by atoms with E-state index in [1.54, 1.807) is 12.1 Å². The third-order valence-electron chi connectivity index (χ3n) is 4.80. The molecule has 1 aliphatic rings. The van der Waals surface area contributed by atoms with Gasteiger partial charge >= 0.3 is 11.0 Å². The van der Waals surface area contributed by atoms with Gasteiger partial charge in [0.15, 0.2) is 19.7 Å². The molecular formula is C18H20F6O3S2. The van der Waals surface area contributed by atoms with Crippen molar-refractivity contribution in [1.29, 1.82) is 0 Å². The predicted molar refractivity (Wildman–Crippen MR) is 98.7 cm³/mol. The summed E-state index contributed by atoms with van der Waals surface area (Å²) in [4.78, 5) is 0.647. The summed E-state index contributed by atoms with van der Waals surface area (Å²) in [5, 5.41) is 0.817. The van der Waals surface area contributed by atoms with E-state index >= 15 is 0 Å². The molecule has 0 saturated heterocycles. The standard InChI is InChI=1S/C17H20F3S.CHF3O3S/c1-12-7-6-10-15-14(12)11-16(21(15)17(18,19)20)13-8-4-2-3-5-9-13;2-1(3,4)8(5,6)7/h6-7,10-11,13H,2-5,8-9H2,1H3;(H,5,6,7)/q+1;/p-1. The first-order valence-electron chi connectivity index (χ1n) is 8.88. The average Bonchev–Trinajstić information content (AvgIpc) is 2.77. The minimum Gasteiger partial charge on any atom is -0.741 e. The first-order chi connectivity index (χ1) is 13.2. The highest BCUT2D eigenvalue weighted by molar-refractivity contribution is 7.86. The second kappa shape index (κ2) is 8.81. The van der Waals surface area contributed by atoms with Gasteiger partial charge in [-0.2, -0.15) is 13.2 Å². The maximum Gasteiger partial charge on any atom is 0.600 e. The van der Waals surface area contributed by atoms with Crippen LogP contribution in [0.3, 0.4) is 0 Å². The van der Waals surface area contributed by atoms with Gasteiger partial charge in [0.05, 0.1) is 10.5 Å². The predicted octanol–water partition coefficient (Wildman–Crippen LogP) is 6.86. The van der Waals surface area contributed by atoms with Gasteiger partial charge in [0.1, 0.15) is 0 Å². The smallest absolute Gasteiger partial charge is 0.600 e. The van der Waals surface area contributed by atoms with Gasteiger partial charge in [-0.3, -0.25) is 0 Å². The number of benzene rings is 1. The minimum atomic E-state index is -6.09. The zero-order chi connectivity index (χ0) is 22.0. The molecule has 0 amide bonds. The second-order valence-electron chi connectivity index (χ2n) is 6.87. The highest BCUT2D eigenvalue weighted by Crippen LogP contribution is 2.55. The van der Waals surface area contributed by atoms with Crippen LogP contribution in [-0.4, -0.2) is 18.5 Å². The van der Waals surface area contributed by atoms with E-state index in [2.05, 4.69) is 0 Å². The summed E-state index contributed by atoms with van der Waals surface area (Å²) in [6, 6.07) is 7.18. The molecule has 3 rings (SSSR count). The lowest BCUT2D eigenvalue weighted by atomic mass is 9.98. The molecule has 0 N–H and O–H groups in total. The zero-order valence-electron chi connectivity index (χ0n) is 15.4. The molecule has 0 radical (unpaired) electrons. The van der Waals surface area contributed by atoms with Crippen molar-refractivity contribution in [1.82, 2.24) is 0 Å². The Morgan fingerprint density at radius 3 is 1.97 bits per heavy atom. The van der Waals surface area contributed by atoms with Crippen LogP contribution in [0.25, 0.3) is 10.1 Å². The van der Waals surface area contributed by atoms with Gasteiger partial charge in [0, 0.05) is 17.4 Å². The van der Waals surface area contributed by atoms with E-state index in [0.29, 0.717) is 9.58 Å². The van der Waals surface area contributed by atoms with Crippen molar-refractivity contribution < 1.29 is 39.3 Å². The van der Waals surface area contributed by atoms with Crippen molar-refractivity contribution in [3.63, 3.8) is 0 Å². The molecule has 0 spiro atoms. The van der Waals surface area contributed by atoms with Gasteiger partial charge in [-0.25, -0.2) is 8.42 Å². The van der Waals surface area contributed by atoms with E-state index < -0.39 is 31.6 Å². The molecule has 3 nitrogen and oxygen atoms in total. The van der Waals surface area contributed by atoms with Gasteiger partial charge in [-0.1, -0.05) is 37.8 Å². The lowest BCUT2D eigenvalue weighted by molar-refractivity contribution is -0.0868. The Kier molecular flexibility index (Phi) is 7.27. The molecule has 0 bridgehead atoms. The molecule has 11 heteroatoms. The molecule has 0 aliphatic heterocycles. The van der Waals surface area contributed by atoms with E-state index in [9.17, 15) is 26.3 Å². The largest absolute Gasteiger partial charge is 0.741 e. The van der Waals surface area contributed by atoms with E-state index in [1.807, 2.05) is 19.1 Å². The van der Waals surface area contributed by atoms with Crippen molar-refractivity contribution in [2.75, 3.05) is 0 Å². The van der Waals surface area contributed by atoms with E-state index in [4.69, 9.17) is 13.0 Å². The minimum absolute atomic E-state index is 0.115. The first kappa shape index (κ1) is 23.9. The van der Waals surface area contributed by atoms with Crippen LogP contribution in [0.2, 0.25) is 0 Å². The Hall–Kier alpha value is -1.33. The molecular weight excluding hydrogens is 442 g/mol. The monoisotopic (exact) mass is 462 g/mol. The van der Waals surface area contributed by atoms with Crippen molar-refractivity contribution in [2.24, 2.45) is 0 Å². The highest BCUT2D eigenvalue weighted by atomic mass is 32.2. The van der Waals surface area contributed by atoms with Crippen LogP contribution in [0.1, 0.15) is 54.9 Å². The second-order valence-corrected chi connectivity index (χ2v) is 10.2. The van der Waals surface area contributed by atoms with E-state index in [0.717, 1.165) is 49.5 Å². The molecule has 2 aromatic rings. The molecule has 1 fully saturated rings. The first-order valence-corrected chi connectivity index (χ1v) is 11.5. The van der Waals surface area contributed by atoms with Crippen LogP contribution in [-0.2, 0) is 15.6 Å². The Balaban J connectivity index is 0.000000321. The summed E-state index contributed by atoms with van der Waals surface area (Å²) in [6.45, 7) is 1.91. The molecule has 1 heterocycles. The highest BCUT2D eigenvalue weighted by Gasteiger charge is 2.49. The van der Waals surface area contributed by atoms with Gasteiger partial charge in [-0.15, -0.1) is 13.2 Å². The molecule has 1 atom stereocenters. The Bertz CT molecular complexity index is 937. The SMILES string of the molecule is Cc1cccc2c1cc(C1CCCCCC1)[s+]2C(F)(F)F.O=S(=O)([O-])C(F)(F)F. The summed E-state index contributed by atoms with van der Waals surface area (Å²) >= 11 is 0. The topological polar surface area (TPSA) is 57.2 Å². The van der Waals surface area contributed by atoms with Crippen molar-refractivity contribution in [3.8, 4) is 0 Å². The van der Waals surface area contributed by atoms with Crippen molar-refractivity contribution >= 4 is 30.7 Å². The van der Waals surface area contributed by atoms with Crippen LogP contribution < -0.4 is 0 Å². The van der Waals surface area contributed by atoms with Crippen LogP contribution in [0.15, 0.2) is 24.3 Å². The Labute approximate surface area is 167 Å². The van der Waals surface area contributed by atoms with E-state index in [1.165, 1.54) is 0 Å². The summed E-state index contributed by atoms with van der Waals surface area (Å²) in [7, 11) is -7.80. The summed E-state index contributed by atoms with van der Waals surface area (Å²) in [6.07, 6.45) is 6.28. The number of alkyl halides is 6. The van der Waals surface area contributed by atoms with Crippen LogP contribution in [0, 0.1) is 6.92 Å². The summed E-state index contributed by atoms with van der Waals surface area (Å²) in [5.41, 5.74) is -8.85. The normalized spacial score (nSPS) is 17.6. The van der Waals surface area contributed by atoms with Gasteiger partial charge in [-0.05, 0) is 31.4 Å². The molecule has 1 aliphatic carbocycles. The Morgan fingerprint density at radius 1 is 1.00 bits per heavy atom. The third-order valence-corrected chi connectivity index (χ3v) is 7.55. The molecule has 1 unspecified atom stereocenters. The zero-order valence-corrected chi connectivity index (χ0v) is 17.1. The quantitative estimate of drug-likeness (QED) is 0.153. The maximum absolute atomic E-state index is 13.6. The molecule has 1 aromatic heterocycles.